The van der Waals surface area contributed by atoms with Crippen molar-refractivity contribution in [2.24, 2.45) is 0 Å². The normalized spacial score (nSPS) is 14.4. The molecule has 1 aliphatic heterocycles. The maximum atomic E-state index is 13.1. The van der Waals surface area contributed by atoms with Gasteiger partial charge in [-0.25, -0.2) is 17.1 Å². The molecule has 2 aromatic rings. The Labute approximate surface area is 201 Å². The van der Waals surface area contributed by atoms with Gasteiger partial charge in [0.2, 0.25) is 21.8 Å². The van der Waals surface area contributed by atoms with E-state index in [0.717, 1.165) is 25.0 Å². The smallest absolute Gasteiger partial charge is 0.242 e. The summed E-state index contributed by atoms with van der Waals surface area (Å²) in [5.41, 5.74) is 1.22. The SMILES string of the molecule is CN(CCCC(=O)N1CCN(C(=O)CCCc2ccccc2)CC1)S(=O)(=O)c1ccc(F)cc1. The fourth-order valence-electron chi connectivity index (χ4n) is 3.97. The number of hydrogen-bond acceptors (Lipinski definition) is 4. The maximum Gasteiger partial charge on any atom is 0.242 e. The van der Waals surface area contributed by atoms with Gasteiger partial charge in [0, 0.05) is 52.6 Å². The van der Waals surface area contributed by atoms with Crippen LogP contribution in [-0.2, 0) is 26.0 Å². The second-order valence-electron chi connectivity index (χ2n) is 8.48. The van der Waals surface area contributed by atoms with Crippen LogP contribution in [0.1, 0.15) is 31.2 Å². The Balaban J connectivity index is 1.35. The minimum Gasteiger partial charge on any atom is -0.339 e. The molecule has 0 aliphatic carbocycles. The fraction of sp³-hybridized carbons (Fsp3) is 0.440. The third-order valence-electron chi connectivity index (χ3n) is 6.07. The molecule has 1 saturated heterocycles. The van der Waals surface area contributed by atoms with Crippen molar-refractivity contribution >= 4 is 21.8 Å². The van der Waals surface area contributed by atoms with E-state index < -0.39 is 15.8 Å². The van der Waals surface area contributed by atoms with Gasteiger partial charge in [0.15, 0.2) is 0 Å². The van der Waals surface area contributed by atoms with Crippen LogP contribution in [0.5, 0.6) is 0 Å². The van der Waals surface area contributed by atoms with Gasteiger partial charge in [0.05, 0.1) is 4.90 Å². The van der Waals surface area contributed by atoms with Gasteiger partial charge in [0.25, 0.3) is 0 Å². The molecular formula is C25H32FN3O4S. The summed E-state index contributed by atoms with van der Waals surface area (Å²) in [6.45, 7) is 2.22. The van der Waals surface area contributed by atoms with Crippen molar-refractivity contribution in [2.75, 3.05) is 39.8 Å². The zero-order valence-corrected chi connectivity index (χ0v) is 20.3. The Morgan fingerprint density at radius 1 is 0.853 bits per heavy atom. The summed E-state index contributed by atoms with van der Waals surface area (Å²) in [7, 11) is -2.27. The van der Waals surface area contributed by atoms with E-state index in [1.165, 1.54) is 29.0 Å². The van der Waals surface area contributed by atoms with Crippen LogP contribution < -0.4 is 0 Å². The van der Waals surface area contributed by atoms with Crippen LogP contribution in [0.2, 0.25) is 0 Å². The standard InChI is InChI=1S/C25H32FN3O4S/c1-27(34(32,33)23-14-12-22(26)13-15-23)16-6-11-25(31)29-19-17-28(18-20-29)24(30)10-5-9-21-7-3-2-4-8-21/h2-4,7-8,12-15H,5-6,9-11,16-20H2,1H3. The number of nitrogens with zero attached hydrogens (tertiary/aromatic N) is 3. The number of carbonyl (C=O) groups excluding carboxylic acids is 2. The molecule has 184 valence electrons. The van der Waals surface area contributed by atoms with Crippen molar-refractivity contribution < 1.29 is 22.4 Å². The number of aryl methyl sites for hydroxylation is 1. The van der Waals surface area contributed by atoms with Crippen LogP contribution >= 0.6 is 0 Å². The van der Waals surface area contributed by atoms with Crippen molar-refractivity contribution in [3.63, 3.8) is 0 Å². The first kappa shape index (κ1) is 25.8. The van der Waals surface area contributed by atoms with Crippen LogP contribution in [0.15, 0.2) is 59.5 Å². The number of rotatable bonds is 10. The molecule has 0 atom stereocenters. The molecule has 0 aromatic heterocycles. The van der Waals surface area contributed by atoms with Gasteiger partial charge < -0.3 is 9.80 Å². The Kier molecular flexibility index (Phi) is 9.18. The lowest BCUT2D eigenvalue weighted by Crippen LogP contribution is -2.50. The summed E-state index contributed by atoms with van der Waals surface area (Å²) >= 11 is 0. The Hall–Kier alpha value is -2.78. The van der Waals surface area contributed by atoms with Crippen molar-refractivity contribution in [3.8, 4) is 0 Å². The van der Waals surface area contributed by atoms with E-state index in [9.17, 15) is 22.4 Å². The molecule has 0 spiro atoms. The number of piperazine rings is 1. The quantitative estimate of drug-likeness (QED) is 0.514. The summed E-state index contributed by atoms with van der Waals surface area (Å²) in [4.78, 5) is 28.6. The number of sulfonamides is 1. The van der Waals surface area contributed by atoms with Crippen LogP contribution in [-0.4, -0.2) is 74.1 Å². The van der Waals surface area contributed by atoms with Crippen LogP contribution in [0, 0.1) is 5.82 Å². The van der Waals surface area contributed by atoms with Gasteiger partial charge in [-0.05, 0) is 49.1 Å². The van der Waals surface area contributed by atoms with Gasteiger partial charge in [0.1, 0.15) is 5.82 Å². The zero-order valence-electron chi connectivity index (χ0n) is 19.5. The number of carbonyl (C=O) groups is 2. The highest BCUT2D eigenvalue weighted by atomic mass is 32.2. The Morgan fingerprint density at radius 3 is 1.94 bits per heavy atom. The molecule has 2 amide bonds. The van der Waals surface area contributed by atoms with Crippen LogP contribution in [0.4, 0.5) is 4.39 Å². The first-order valence-corrected chi connectivity index (χ1v) is 13.0. The number of amides is 2. The minimum absolute atomic E-state index is 0.0206. The van der Waals surface area contributed by atoms with Crippen LogP contribution in [0.3, 0.4) is 0 Å². The Bertz CT molecular complexity index is 1050. The van der Waals surface area contributed by atoms with E-state index in [4.69, 9.17) is 0 Å². The van der Waals surface area contributed by atoms with Crippen LogP contribution in [0.25, 0.3) is 0 Å². The van der Waals surface area contributed by atoms with Crippen molar-refractivity contribution in [1.82, 2.24) is 14.1 Å². The van der Waals surface area contributed by atoms with Gasteiger partial charge in [-0.3, -0.25) is 9.59 Å². The van der Waals surface area contributed by atoms with Gasteiger partial charge in [-0.1, -0.05) is 30.3 Å². The lowest BCUT2D eigenvalue weighted by Gasteiger charge is -2.35. The summed E-state index contributed by atoms with van der Waals surface area (Å²) < 4.78 is 39.3. The monoisotopic (exact) mass is 489 g/mol. The summed E-state index contributed by atoms with van der Waals surface area (Å²) in [6, 6.07) is 14.8. The summed E-state index contributed by atoms with van der Waals surface area (Å²) in [5, 5.41) is 0. The van der Waals surface area contributed by atoms with E-state index in [1.54, 1.807) is 4.90 Å². The molecule has 9 heteroatoms. The minimum atomic E-state index is -3.72. The van der Waals surface area contributed by atoms with E-state index in [-0.39, 0.29) is 29.7 Å². The third-order valence-corrected chi connectivity index (χ3v) is 7.94. The molecule has 34 heavy (non-hydrogen) atoms. The first-order valence-electron chi connectivity index (χ1n) is 11.6. The zero-order chi connectivity index (χ0) is 24.6. The molecule has 0 bridgehead atoms. The van der Waals surface area contributed by atoms with E-state index in [0.29, 0.717) is 39.0 Å². The second-order valence-corrected chi connectivity index (χ2v) is 10.5. The maximum absolute atomic E-state index is 13.1. The highest BCUT2D eigenvalue weighted by Gasteiger charge is 2.25. The summed E-state index contributed by atoms with van der Waals surface area (Å²) in [6.07, 6.45) is 2.78. The summed E-state index contributed by atoms with van der Waals surface area (Å²) in [5.74, 6) is -0.416. The van der Waals surface area contributed by atoms with Gasteiger partial charge >= 0.3 is 0 Å². The lowest BCUT2D eigenvalue weighted by molar-refractivity contribution is -0.139. The second kappa shape index (κ2) is 12.1. The molecular weight excluding hydrogens is 457 g/mol. The number of halogens is 1. The molecule has 7 nitrogen and oxygen atoms in total. The largest absolute Gasteiger partial charge is 0.339 e. The highest BCUT2D eigenvalue weighted by molar-refractivity contribution is 7.89. The fourth-order valence-corrected chi connectivity index (χ4v) is 5.18. The molecule has 0 saturated carbocycles. The number of hydrogen-bond donors (Lipinski definition) is 0. The van der Waals surface area contributed by atoms with Crippen molar-refractivity contribution in [1.29, 1.82) is 0 Å². The predicted molar refractivity (Wildman–Crippen MR) is 128 cm³/mol. The number of benzene rings is 2. The Morgan fingerprint density at radius 2 is 1.38 bits per heavy atom. The molecule has 1 fully saturated rings. The van der Waals surface area contributed by atoms with Gasteiger partial charge in [-0.2, -0.15) is 0 Å². The van der Waals surface area contributed by atoms with Gasteiger partial charge in [-0.15, -0.1) is 0 Å². The van der Waals surface area contributed by atoms with E-state index in [2.05, 4.69) is 12.1 Å². The molecule has 1 heterocycles. The molecule has 0 unspecified atom stereocenters. The van der Waals surface area contributed by atoms with E-state index in [1.807, 2.05) is 23.1 Å². The highest BCUT2D eigenvalue weighted by Crippen LogP contribution is 2.16. The molecule has 0 radical (unpaired) electrons. The molecule has 2 aromatic carbocycles. The average Bonchev–Trinajstić information content (AvgIpc) is 2.84. The van der Waals surface area contributed by atoms with Crippen molar-refractivity contribution in [2.45, 2.75) is 37.0 Å². The van der Waals surface area contributed by atoms with Crippen molar-refractivity contribution in [3.05, 3.63) is 66.0 Å². The van der Waals surface area contributed by atoms with E-state index >= 15 is 0 Å². The molecule has 1 aliphatic rings. The first-order chi connectivity index (χ1) is 16.3. The predicted octanol–water partition coefficient (Wildman–Crippen LogP) is 2.92. The molecule has 0 N–H and O–H groups in total. The topological polar surface area (TPSA) is 78.0 Å². The average molecular weight is 490 g/mol. The third kappa shape index (κ3) is 7.11. The lowest BCUT2D eigenvalue weighted by atomic mass is 10.1. The molecule has 3 rings (SSSR count).